The van der Waals surface area contributed by atoms with E-state index in [1.165, 1.54) is 6.20 Å². The number of aliphatic hydroxyl groups is 1. The van der Waals surface area contributed by atoms with E-state index >= 15 is 0 Å². The molecule has 3 aromatic rings. The third-order valence-corrected chi connectivity index (χ3v) is 6.20. The van der Waals surface area contributed by atoms with E-state index in [4.69, 9.17) is 9.47 Å². The number of rotatable bonds is 4. The van der Waals surface area contributed by atoms with Crippen LogP contribution in [0.1, 0.15) is 22.8 Å². The minimum absolute atomic E-state index is 0.0744. The topological polar surface area (TPSA) is 101 Å². The van der Waals surface area contributed by atoms with E-state index in [-0.39, 0.29) is 18.6 Å². The van der Waals surface area contributed by atoms with E-state index < -0.39 is 5.60 Å². The largest absolute Gasteiger partial charge is 0.484 e. The second-order valence-electron chi connectivity index (χ2n) is 8.36. The van der Waals surface area contributed by atoms with Crippen molar-refractivity contribution in [3.8, 4) is 5.75 Å². The number of nitrogens with zero attached hydrogens (tertiary/aromatic N) is 4. The molecule has 0 radical (unpaired) electrons. The van der Waals surface area contributed by atoms with Gasteiger partial charge in [-0.05, 0) is 19.1 Å². The van der Waals surface area contributed by atoms with E-state index in [1.807, 2.05) is 19.1 Å². The van der Waals surface area contributed by atoms with Gasteiger partial charge in [-0.1, -0.05) is 0 Å². The van der Waals surface area contributed by atoms with E-state index in [1.54, 1.807) is 23.0 Å². The summed E-state index contributed by atoms with van der Waals surface area (Å²) in [6.45, 7) is 3.27. The average Bonchev–Trinajstić information content (AvgIpc) is 3.30. The van der Waals surface area contributed by atoms with Crippen LogP contribution in [0.15, 0.2) is 36.8 Å². The molecule has 3 atom stereocenters. The lowest BCUT2D eigenvalue weighted by Crippen LogP contribution is -2.71. The molecule has 5 heterocycles. The highest BCUT2D eigenvalue weighted by Crippen LogP contribution is 2.45. The van der Waals surface area contributed by atoms with Crippen LogP contribution >= 0.6 is 0 Å². The van der Waals surface area contributed by atoms with Crippen LogP contribution in [-0.2, 0) is 11.2 Å². The zero-order chi connectivity index (χ0) is 20.5. The van der Waals surface area contributed by atoms with Gasteiger partial charge < -0.3 is 24.8 Å². The number of benzene rings is 1. The van der Waals surface area contributed by atoms with Crippen LogP contribution in [0.2, 0.25) is 0 Å². The Bertz CT molecular complexity index is 1180. The summed E-state index contributed by atoms with van der Waals surface area (Å²) in [6.07, 6.45) is 5.75. The molecule has 1 amide bonds. The summed E-state index contributed by atoms with van der Waals surface area (Å²) in [6, 6.07) is 6.01. The molecule has 6 rings (SSSR count). The van der Waals surface area contributed by atoms with Gasteiger partial charge in [-0.25, -0.2) is 9.50 Å². The van der Waals surface area contributed by atoms with Crippen molar-refractivity contribution in [1.82, 2.24) is 14.6 Å². The van der Waals surface area contributed by atoms with E-state index in [0.717, 1.165) is 23.5 Å². The number of carbonyl (C=O) groups excluding carboxylic acids is 1. The van der Waals surface area contributed by atoms with Gasteiger partial charge in [-0.3, -0.25) is 4.79 Å². The molecule has 2 aromatic heterocycles. The molecule has 9 nitrogen and oxygen atoms in total. The molecule has 2 saturated heterocycles. The van der Waals surface area contributed by atoms with Crippen molar-refractivity contribution in [2.75, 3.05) is 30.0 Å². The van der Waals surface area contributed by atoms with Crippen LogP contribution in [-0.4, -0.2) is 63.1 Å². The lowest BCUT2D eigenvalue weighted by molar-refractivity contribution is -0.113. The number of carbonyl (C=O) groups is 1. The van der Waals surface area contributed by atoms with E-state index in [0.29, 0.717) is 36.0 Å². The fourth-order valence-corrected chi connectivity index (χ4v) is 4.41. The fourth-order valence-electron chi connectivity index (χ4n) is 4.41. The normalized spacial score (nSPS) is 26.4. The molecule has 154 valence electrons. The van der Waals surface area contributed by atoms with Crippen molar-refractivity contribution in [2.45, 2.75) is 31.1 Å². The van der Waals surface area contributed by atoms with Gasteiger partial charge in [0.25, 0.3) is 5.91 Å². The van der Waals surface area contributed by atoms with Crippen molar-refractivity contribution in [1.29, 1.82) is 0 Å². The maximum Gasteiger partial charge on any atom is 0.261 e. The Hall–Kier alpha value is -3.17. The number of anilines is 2. The molecule has 3 aliphatic heterocycles. The number of nitrogens with one attached hydrogen (secondary N) is 1. The zero-order valence-electron chi connectivity index (χ0n) is 16.4. The highest BCUT2D eigenvalue weighted by Gasteiger charge is 2.48. The SMILES string of the molecule is C[C@@]1(CO)Cc2cc(NC(=O)c3cnn4cccnc34)c(N3CC4OC[C@@H]43)cc2O1. The summed E-state index contributed by atoms with van der Waals surface area (Å²) in [5, 5.41) is 17.0. The zero-order valence-corrected chi connectivity index (χ0v) is 16.4. The molecule has 0 spiro atoms. The lowest BCUT2D eigenvalue weighted by Gasteiger charge is -2.56. The third-order valence-electron chi connectivity index (χ3n) is 6.20. The van der Waals surface area contributed by atoms with Gasteiger partial charge in [0.2, 0.25) is 0 Å². The third kappa shape index (κ3) is 2.52. The van der Waals surface area contributed by atoms with Crippen molar-refractivity contribution < 1.29 is 19.4 Å². The molecule has 2 N–H and O–H groups in total. The maximum atomic E-state index is 13.1. The van der Waals surface area contributed by atoms with Gasteiger partial charge in [0.15, 0.2) is 5.65 Å². The predicted molar refractivity (Wildman–Crippen MR) is 108 cm³/mol. The molecular weight excluding hydrogens is 386 g/mol. The molecule has 0 bridgehead atoms. The summed E-state index contributed by atoms with van der Waals surface area (Å²) in [4.78, 5) is 19.6. The summed E-state index contributed by atoms with van der Waals surface area (Å²) in [7, 11) is 0. The van der Waals surface area contributed by atoms with Crippen LogP contribution in [0.4, 0.5) is 11.4 Å². The molecule has 30 heavy (non-hydrogen) atoms. The average molecular weight is 407 g/mol. The summed E-state index contributed by atoms with van der Waals surface area (Å²) in [5.74, 6) is 0.483. The van der Waals surface area contributed by atoms with Crippen LogP contribution in [0.25, 0.3) is 5.65 Å². The van der Waals surface area contributed by atoms with Crippen LogP contribution in [0.5, 0.6) is 5.75 Å². The minimum atomic E-state index is -0.647. The van der Waals surface area contributed by atoms with Crippen LogP contribution < -0.4 is 15.0 Å². The first-order valence-corrected chi connectivity index (χ1v) is 9.99. The Morgan fingerprint density at radius 2 is 2.33 bits per heavy atom. The van der Waals surface area contributed by atoms with Crippen molar-refractivity contribution in [3.05, 3.63) is 47.9 Å². The van der Waals surface area contributed by atoms with E-state index in [9.17, 15) is 9.90 Å². The first kappa shape index (κ1) is 17.7. The number of hydrogen-bond acceptors (Lipinski definition) is 7. The summed E-state index contributed by atoms with van der Waals surface area (Å²) >= 11 is 0. The second-order valence-corrected chi connectivity index (χ2v) is 8.36. The van der Waals surface area contributed by atoms with Gasteiger partial charge >= 0.3 is 0 Å². The van der Waals surface area contributed by atoms with Gasteiger partial charge in [0, 0.05) is 37.0 Å². The monoisotopic (exact) mass is 407 g/mol. The first-order valence-electron chi connectivity index (χ1n) is 9.99. The Morgan fingerprint density at radius 3 is 3.07 bits per heavy atom. The number of hydrogen-bond donors (Lipinski definition) is 2. The molecular formula is C21H21N5O4. The number of aromatic nitrogens is 3. The number of amides is 1. The summed E-state index contributed by atoms with van der Waals surface area (Å²) < 4.78 is 13.1. The van der Waals surface area contributed by atoms with Gasteiger partial charge in [-0.15, -0.1) is 0 Å². The van der Waals surface area contributed by atoms with Crippen molar-refractivity contribution in [3.63, 3.8) is 0 Å². The number of morpholine rings is 1. The lowest BCUT2D eigenvalue weighted by atomic mass is 9.92. The number of ether oxygens (including phenoxy) is 2. The Labute approximate surface area is 172 Å². The van der Waals surface area contributed by atoms with Gasteiger partial charge in [0.05, 0.1) is 42.9 Å². The quantitative estimate of drug-likeness (QED) is 0.671. The Balaban J connectivity index is 1.37. The highest BCUT2D eigenvalue weighted by atomic mass is 16.5. The number of fused-ring (bicyclic) bond motifs is 3. The highest BCUT2D eigenvalue weighted by molar-refractivity contribution is 6.09. The summed E-state index contributed by atoms with van der Waals surface area (Å²) in [5.41, 5.74) is 2.84. The Kier molecular flexibility index (Phi) is 3.63. The van der Waals surface area contributed by atoms with E-state index in [2.05, 4.69) is 20.3 Å². The minimum Gasteiger partial charge on any atom is -0.484 e. The molecule has 0 saturated carbocycles. The second kappa shape index (κ2) is 6.16. The molecule has 0 aliphatic carbocycles. The molecule has 1 aromatic carbocycles. The van der Waals surface area contributed by atoms with Crippen molar-refractivity contribution >= 4 is 22.9 Å². The van der Waals surface area contributed by atoms with Gasteiger partial charge in [0.1, 0.15) is 16.9 Å². The van der Waals surface area contributed by atoms with Crippen molar-refractivity contribution in [2.24, 2.45) is 0 Å². The molecule has 1 unspecified atom stereocenters. The first-order chi connectivity index (χ1) is 14.5. The standard InChI is InChI=1S/C21H21N5O4/c1-21(11-27)7-12-5-14(15(6-17(12)30-21)25-9-18-16(25)10-29-18)24-20(28)13-8-23-26-4-2-3-22-19(13)26/h2-6,8,16,18,27H,7,9-11H2,1H3,(H,24,28)/t16-,18?,21-/m0/s1. The van der Waals surface area contributed by atoms with Gasteiger partial charge in [-0.2, -0.15) is 5.10 Å². The van der Waals surface area contributed by atoms with Crippen LogP contribution in [0, 0.1) is 0 Å². The molecule has 9 heteroatoms. The molecule has 3 aliphatic rings. The maximum absolute atomic E-state index is 13.1. The predicted octanol–water partition coefficient (Wildman–Crippen LogP) is 1.25. The smallest absolute Gasteiger partial charge is 0.261 e. The Morgan fingerprint density at radius 1 is 1.43 bits per heavy atom. The molecule has 2 fully saturated rings. The fraction of sp³-hybridized carbons (Fsp3) is 0.381. The van der Waals surface area contributed by atoms with Crippen LogP contribution in [0.3, 0.4) is 0 Å². The number of aliphatic hydroxyl groups excluding tert-OH is 1.